The Labute approximate surface area is 98.4 Å². The molecule has 0 aliphatic carbocycles. The predicted octanol–water partition coefficient (Wildman–Crippen LogP) is 3.57. The van der Waals surface area contributed by atoms with Crippen molar-refractivity contribution in [2.24, 2.45) is 0 Å². The van der Waals surface area contributed by atoms with Crippen molar-refractivity contribution in [2.75, 3.05) is 6.61 Å². The number of benzene rings is 1. The lowest BCUT2D eigenvalue weighted by Gasteiger charge is -2.00. The first kappa shape index (κ1) is 12.1. The van der Waals surface area contributed by atoms with Gasteiger partial charge in [-0.3, -0.25) is 4.79 Å². The Morgan fingerprint density at radius 3 is 2.87 bits per heavy atom. The lowest BCUT2D eigenvalue weighted by atomic mass is 10.2. The summed E-state index contributed by atoms with van der Waals surface area (Å²) < 4.78 is 4.73. The highest BCUT2D eigenvalue weighted by Crippen LogP contribution is 2.26. The molecule has 0 fully saturated rings. The fraction of sp³-hybridized carbons (Fsp3) is 0.182. The number of esters is 1. The van der Waals surface area contributed by atoms with Crippen LogP contribution >= 0.6 is 23.2 Å². The molecule has 80 valence electrons. The van der Waals surface area contributed by atoms with E-state index in [2.05, 4.69) is 0 Å². The summed E-state index contributed by atoms with van der Waals surface area (Å²) >= 11 is 11.8. The van der Waals surface area contributed by atoms with Gasteiger partial charge >= 0.3 is 5.97 Å². The number of rotatable bonds is 3. The molecule has 0 spiro atoms. The number of carbonyl (C=O) groups is 1. The minimum Gasteiger partial charge on any atom is -0.462 e. The van der Waals surface area contributed by atoms with Crippen LogP contribution in [0.2, 0.25) is 10.0 Å². The molecule has 2 nitrogen and oxygen atoms in total. The zero-order valence-corrected chi connectivity index (χ0v) is 9.68. The Kier molecular flexibility index (Phi) is 4.66. The number of halogens is 2. The molecule has 1 rings (SSSR count). The monoisotopic (exact) mass is 244 g/mol. The fourth-order valence-corrected chi connectivity index (χ4v) is 1.36. The summed E-state index contributed by atoms with van der Waals surface area (Å²) in [4.78, 5) is 10.5. The molecule has 1 aromatic rings. The van der Waals surface area contributed by atoms with Gasteiger partial charge in [0.2, 0.25) is 0 Å². The average Bonchev–Trinajstić information content (AvgIpc) is 2.18. The Bertz CT molecular complexity index is 386. The van der Waals surface area contributed by atoms with E-state index in [1.807, 2.05) is 6.07 Å². The number of hydrogen-bond acceptors (Lipinski definition) is 2. The molecule has 15 heavy (non-hydrogen) atoms. The SMILES string of the molecule is CC(=O)OC/C=C/c1cccc(Cl)c1Cl. The number of hydrogen-bond donors (Lipinski definition) is 0. The van der Waals surface area contributed by atoms with Crippen molar-refractivity contribution in [3.05, 3.63) is 39.9 Å². The second-order valence-corrected chi connectivity index (χ2v) is 3.63. The lowest BCUT2D eigenvalue weighted by Crippen LogP contribution is -1.97. The zero-order valence-electron chi connectivity index (χ0n) is 8.17. The molecule has 0 saturated heterocycles. The summed E-state index contributed by atoms with van der Waals surface area (Å²) in [6.45, 7) is 1.60. The van der Waals surface area contributed by atoms with Crippen LogP contribution in [0, 0.1) is 0 Å². The molecule has 0 amide bonds. The van der Waals surface area contributed by atoms with E-state index in [1.165, 1.54) is 6.92 Å². The summed E-state index contributed by atoms with van der Waals surface area (Å²) in [5.41, 5.74) is 0.802. The molecule has 0 aliphatic rings. The van der Waals surface area contributed by atoms with Crippen LogP contribution in [-0.4, -0.2) is 12.6 Å². The van der Waals surface area contributed by atoms with Crippen molar-refractivity contribution in [3.63, 3.8) is 0 Å². The van der Waals surface area contributed by atoms with Crippen molar-refractivity contribution in [2.45, 2.75) is 6.92 Å². The van der Waals surface area contributed by atoms with Gasteiger partial charge in [-0.05, 0) is 17.7 Å². The molecule has 0 heterocycles. The van der Waals surface area contributed by atoms with Crippen molar-refractivity contribution in [1.82, 2.24) is 0 Å². The predicted molar refractivity (Wildman–Crippen MR) is 62.1 cm³/mol. The van der Waals surface area contributed by atoms with Crippen LogP contribution in [0.25, 0.3) is 6.08 Å². The van der Waals surface area contributed by atoms with E-state index in [0.29, 0.717) is 10.0 Å². The highest BCUT2D eigenvalue weighted by molar-refractivity contribution is 6.42. The normalized spacial score (nSPS) is 10.6. The van der Waals surface area contributed by atoms with Gasteiger partial charge in [-0.2, -0.15) is 0 Å². The van der Waals surface area contributed by atoms with Gasteiger partial charge in [0.25, 0.3) is 0 Å². The molecule has 0 aromatic heterocycles. The van der Waals surface area contributed by atoms with Crippen LogP contribution in [0.15, 0.2) is 24.3 Å². The smallest absolute Gasteiger partial charge is 0.302 e. The van der Waals surface area contributed by atoms with Crippen LogP contribution in [0.1, 0.15) is 12.5 Å². The van der Waals surface area contributed by atoms with Gasteiger partial charge in [0.15, 0.2) is 0 Å². The third kappa shape index (κ3) is 3.94. The van der Waals surface area contributed by atoms with Crippen LogP contribution in [0.4, 0.5) is 0 Å². The molecule has 1 aromatic carbocycles. The van der Waals surface area contributed by atoms with E-state index in [1.54, 1.807) is 24.3 Å². The van der Waals surface area contributed by atoms with Gasteiger partial charge in [0.1, 0.15) is 6.61 Å². The zero-order chi connectivity index (χ0) is 11.3. The van der Waals surface area contributed by atoms with Crippen LogP contribution in [-0.2, 0) is 9.53 Å². The first-order chi connectivity index (χ1) is 7.11. The third-order valence-corrected chi connectivity index (χ3v) is 2.50. The maximum absolute atomic E-state index is 10.5. The topological polar surface area (TPSA) is 26.3 Å². The molecule has 0 saturated carbocycles. The summed E-state index contributed by atoms with van der Waals surface area (Å²) in [5, 5.41) is 1.00. The van der Waals surface area contributed by atoms with Gasteiger partial charge in [0.05, 0.1) is 10.0 Å². The van der Waals surface area contributed by atoms with E-state index < -0.39 is 0 Å². The fourth-order valence-electron chi connectivity index (χ4n) is 0.990. The highest BCUT2D eigenvalue weighted by Gasteiger charge is 2.00. The molecule has 0 bridgehead atoms. The minimum absolute atomic E-state index is 0.234. The number of carbonyl (C=O) groups excluding carboxylic acids is 1. The maximum atomic E-state index is 10.5. The summed E-state index contributed by atoms with van der Waals surface area (Å²) in [6.07, 6.45) is 3.47. The van der Waals surface area contributed by atoms with Crippen LogP contribution in [0.5, 0.6) is 0 Å². The second-order valence-electron chi connectivity index (χ2n) is 2.85. The van der Waals surface area contributed by atoms with Crippen molar-refractivity contribution < 1.29 is 9.53 Å². The molecule has 0 unspecified atom stereocenters. The van der Waals surface area contributed by atoms with E-state index in [9.17, 15) is 4.79 Å². The van der Waals surface area contributed by atoms with E-state index >= 15 is 0 Å². The Morgan fingerprint density at radius 2 is 2.20 bits per heavy atom. The molecular formula is C11H10Cl2O2. The summed E-state index contributed by atoms with van der Waals surface area (Å²) in [6, 6.07) is 5.35. The summed E-state index contributed by atoms with van der Waals surface area (Å²) in [5.74, 6) is -0.308. The molecule has 4 heteroatoms. The van der Waals surface area contributed by atoms with Gasteiger partial charge in [0, 0.05) is 6.92 Å². The van der Waals surface area contributed by atoms with E-state index in [4.69, 9.17) is 27.9 Å². The molecule has 0 radical (unpaired) electrons. The van der Waals surface area contributed by atoms with E-state index in [0.717, 1.165) is 5.56 Å². The largest absolute Gasteiger partial charge is 0.462 e. The van der Waals surface area contributed by atoms with Crippen molar-refractivity contribution in [3.8, 4) is 0 Å². The van der Waals surface area contributed by atoms with Gasteiger partial charge in [-0.15, -0.1) is 0 Å². The highest BCUT2D eigenvalue weighted by atomic mass is 35.5. The van der Waals surface area contributed by atoms with E-state index in [-0.39, 0.29) is 12.6 Å². The third-order valence-electron chi connectivity index (χ3n) is 1.66. The minimum atomic E-state index is -0.308. The van der Waals surface area contributed by atoms with Crippen molar-refractivity contribution >= 4 is 35.2 Å². The molecule has 0 N–H and O–H groups in total. The molecule has 0 atom stereocenters. The second kappa shape index (κ2) is 5.79. The quantitative estimate of drug-likeness (QED) is 0.761. The van der Waals surface area contributed by atoms with Gasteiger partial charge in [-0.1, -0.05) is 41.4 Å². The van der Waals surface area contributed by atoms with Crippen molar-refractivity contribution in [1.29, 1.82) is 0 Å². The molecular weight excluding hydrogens is 235 g/mol. The Morgan fingerprint density at radius 1 is 1.47 bits per heavy atom. The van der Waals surface area contributed by atoms with Crippen LogP contribution < -0.4 is 0 Å². The lowest BCUT2D eigenvalue weighted by molar-refractivity contribution is -0.139. The van der Waals surface area contributed by atoms with Crippen LogP contribution in [0.3, 0.4) is 0 Å². The Balaban J connectivity index is 2.64. The number of ether oxygens (including phenoxy) is 1. The maximum Gasteiger partial charge on any atom is 0.302 e. The van der Waals surface area contributed by atoms with Gasteiger partial charge in [-0.25, -0.2) is 0 Å². The molecule has 0 aliphatic heterocycles. The van der Waals surface area contributed by atoms with Gasteiger partial charge < -0.3 is 4.74 Å². The summed E-state index contributed by atoms with van der Waals surface area (Å²) in [7, 11) is 0. The first-order valence-corrected chi connectivity index (χ1v) is 5.11. The Hall–Kier alpha value is -0.990. The first-order valence-electron chi connectivity index (χ1n) is 4.35. The average molecular weight is 245 g/mol. The standard InChI is InChI=1S/C11H10Cl2O2/c1-8(14)15-7-3-5-9-4-2-6-10(12)11(9)13/h2-6H,7H2,1H3/b5-3+.